The summed E-state index contributed by atoms with van der Waals surface area (Å²) in [5.41, 5.74) is 15.1. The molecule has 0 saturated heterocycles. The number of hydrogen-bond acceptors (Lipinski definition) is 5. The highest BCUT2D eigenvalue weighted by atomic mass is 32.2. The van der Waals surface area contributed by atoms with Crippen molar-refractivity contribution in [3.8, 4) is 0 Å². The molecule has 0 aromatic heterocycles. The molecular formula is C24H38N2OS2. The van der Waals surface area contributed by atoms with Crippen molar-refractivity contribution < 1.29 is 4.74 Å². The Balaban J connectivity index is 2.45. The smallest absolute Gasteiger partial charge is 0.106 e. The highest BCUT2D eigenvalue weighted by molar-refractivity contribution is 8.04. The fourth-order valence-corrected chi connectivity index (χ4v) is 4.67. The molecule has 0 spiro atoms. The lowest BCUT2D eigenvalue weighted by Gasteiger charge is -2.20. The van der Waals surface area contributed by atoms with E-state index in [0.29, 0.717) is 24.0 Å². The zero-order chi connectivity index (χ0) is 22.0. The topological polar surface area (TPSA) is 61.3 Å². The van der Waals surface area contributed by atoms with E-state index >= 15 is 0 Å². The van der Waals surface area contributed by atoms with Gasteiger partial charge in [0.05, 0.1) is 12.6 Å². The molecule has 0 aliphatic carbocycles. The van der Waals surface area contributed by atoms with E-state index in [-0.39, 0.29) is 18.0 Å². The quantitative estimate of drug-likeness (QED) is 0.368. The predicted molar refractivity (Wildman–Crippen MR) is 133 cm³/mol. The molecule has 3 unspecified atom stereocenters. The number of rotatable bonds is 14. The molecule has 1 aromatic rings. The highest BCUT2D eigenvalue weighted by Crippen LogP contribution is 2.33. The molecule has 3 nitrogen and oxygen atoms in total. The van der Waals surface area contributed by atoms with Crippen molar-refractivity contribution >= 4 is 23.5 Å². The molecule has 4 N–H and O–H groups in total. The minimum Gasteiger partial charge on any atom is -0.497 e. The van der Waals surface area contributed by atoms with E-state index in [1.807, 2.05) is 6.92 Å². The van der Waals surface area contributed by atoms with E-state index in [1.165, 1.54) is 11.1 Å². The summed E-state index contributed by atoms with van der Waals surface area (Å²) in [6.07, 6.45) is 1.11. The first-order chi connectivity index (χ1) is 13.6. The van der Waals surface area contributed by atoms with Crippen LogP contribution in [0.15, 0.2) is 59.6 Å². The summed E-state index contributed by atoms with van der Waals surface area (Å²) in [5.74, 6) is 2.97. The number of hydrogen-bond donors (Lipinski definition) is 2. The second-order valence-electron chi connectivity index (χ2n) is 7.73. The zero-order valence-corrected chi connectivity index (χ0v) is 20.1. The average Bonchev–Trinajstić information content (AvgIpc) is 2.69. The maximum atomic E-state index is 6.31. The van der Waals surface area contributed by atoms with Gasteiger partial charge in [0.2, 0.25) is 0 Å². The Morgan fingerprint density at radius 3 is 2.03 bits per heavy atom. The Labute approximate surface area is 186 Å². The van der Waals surface area contributed by atoms with Crippen molar-refractivity contribution in [3.63, 3.8) is 0 Å². The lowest BCUT2D eigenvalue weighted by atomic mass is 9.97. The molecule has 0 saturated carbocycles. The fraction of sp³-hybridized carbons (Fsp3) is 0.500. The van der Waals surface area contributed by atoms with Crippen LogP contribution in [0.5, 0.6) is 0 Å². The standard InChI is InChI=1S/C24H38N2OS2/c1-8-27-18(5)23(25)14-29-20(7)24(26)15-28-19(6)17(4)22-11-9-21(10-12-22)13-16(2)3/h9-12,16-17,23-24H,5-8,13-15,25-26H2,1-4H3. The molecule has 3 atom stereocenters. The monoisotopic (exact) mass is 434 g/mol. The lowest BCUT2D eigenvalue weighted by Crippen LogP contribution is -2.29. The van der Waals surface area contributed by atoms with Crippen molar-refractivity contribution in [2.75, 3.05) is 18.1 Å². The van der Waals surface area contributed by atoms with Crippen molar-refractivity contribution in [2.45, 2.75) is 52.1 Å². The first-order valence-corrected chi connectivity index (χ1v) is 12.2. The van der Waals surface area contributed by atoms with Crippen LogP contribution >= 0.6 is 23.5 Å². The molecular weight excluding hydrogens is 396 g/mol. The van der Waals surface area contributed by atoms with Gasteiger partial charge in [-0.2, -0.15) is 0 Å². The summed E-state index contributed by atoms with van der Waals surface area (Å²) < 4.78 is 5.36. The van der Waals surface area contributed by atoms with Crippen molar-refractivity contribution in [3.05, 3.63) is 70.7 Å². The van der Waals surface area contributed by atoms with Gasteiger partial charge in [-0.1, -0.05) is 64.8 Å². The van der Waals surface area contributed by atoms with Gasteiger partial charge in [0.15, 0.2) is 0 Å². The van der Waals surface area contributed by atoms with E-state index < -0.39 is 0 Å². The van der Waals surface area contributed by atoms with Crippen LogP contribution < -0.4 is 11.5 Å². The van der Waals surface area contributed by atoms with Crippen molar-refractivity contribution in [1.82, 2.24) is 0 Å². The lowest BCUT2D eigenvalue weighted by molar-refractivity contribution is 0.214. The van der Waals surface area contributed by atoms with E-state index in [4.69, 9.17) is 16.2 Å². The van der Waals surface area contributed by atoms with Gasteiger partial charge in [0.1, 0.15) is 5.76 Å². The Kier molecular flexibility index (Phi) is 11.8. The molecule has 1 aromatic carbocycles. The van der Waals surface area contributed by atoms with Crippen LogP contribution in [0.1, 0.15) is 44.7 Å². The first-order valence-electron chi connectivity index (χ1n) is 10.2. The van der Waals surface area contributed by atoms with E-state index in [9.17, 15) is 0 Å². The summed E-state index contributed by atoms with van der Waals surface area (Å²) in [5, 5.41) is 0. The molecule has 0 fully saturated rings. The summed E-state index contributed by atoms with van der Waals surface area (Å²) in [6, 6.07) is 8.56. The maximum absolute atomic E-state index is 6.31. The summed E-state index contributed by atoms with van der Waals surface area (Å²) >= 11 is 3.29. The van der Waals surface area contributed by atoms with Crippen LogP contribution in [0.3, 0.4) is 0 Å². The number of allylic oxidation sites excluding steroid dienone is 1. The molecule has 1 rings (SSSR count). The van der Waals surface area contributed by atoms with Crippen LogP contribution in [-0.4, -0.2) is 30.2 Å². The number of benzene rings is 1. The van der Waals surface area contributed by atoms with Gasteiger partial charge < -0.3 is 16.2 Å². The van der Waals surface area contributed by atoms with Crippen molar-refractivity contribution in [2.24, 2.45) is 17.4 Å². The molecule has 0 aliphatic rings. The minimum absolute atomic E-state index is 0.116. The third-order valence-corrected chi connectivity index (χ3v) is 7.11. The van der Waals surface area contributed by atoms with Crippen LogP contribution in [0, 0.1) is 5.92 Å². The van der Waals surface area contributed by atoms with Crippen LogP contribution in [0.25, 0.3) is 0 Å². The third kappa shape index (κ3) is 9.47. The van der Waals surface area contributed by atoms with E-state index in [2.05, 4.69) is 64.8 Å². The van der Waals surface area contributed by atoms with Gasteiger partial charge in [-0.05, 0) is 40.2 Å². The predicted octanol–water partition coefficient (Wildman–Crippen LogP) is 5.69. The highest BCUT2D eigenvalue weighted by Gasteiger charge is 2.16. The molecule has 29 heavy (non-hydrogen) atoms. The van der Waals surface area contributed by atoms with E-state index in [0.717, 1.165) is 22.0 Å². The molecule has 0 aliphatic heterocycles. The number of nitrogens with two attached hydrogens (primary N) is 2. The Morgan fingerprint density at radius 1 is 0.931 bits per heavy atom. The SMILES string of the molecule is C=C(OCC)C(N)CSC(=C)C(N)CSC(=C)C(C)c1ccc(CC(C)C)cc1. The molecule has 0 amide bonds. The number of thioether (sulfide) groups is 2. The van der Waals surface area contributed by atoms with Gasteiger partial charge in [-0.25, -0.2) is 0 Å². The normalized spacial score (nSPS) is 14.3. The number of ether oxygens (including phenoxy) is 1. The van der Waals surface area contributed by atoms with Gasteiger partial charge in [0.25, 0.3) is 0 Å². The first kappa shape index (κ1) is 25.9. The van der Waals surface area contributed by atoms with Gasteiger partial charge in [0, 0.05) is 23.5 Å². The Bertz CT molecular complexity index is 670. The largest absolute Gasteiger partial charge is 0.497 e. The van der Waals surface area contributed by atoms with Crippen LogP contribution in [-0.2, 0) is 11.2 Å². The third-order valence-electron chi connectivity index (χ3n) is 4.66. The fourth-order valence-electron chi connectivity index (χ4n) is 2.70. The van der Waals surface area contributed by atoms with Gasteiger partial charge in [-0.3, -0.25) is 0 Å². The van der Waals surface area contributed by atoms with E-state index in [1.54, 1.807) is 23.5 Å². The average molecular weight is 435 g/mol. The van der Waals surface area contributed by atoms with Crippen LogP contribution in [0.2, 0.25) is 0 Å². The Morgan fingerprint density at radius 2 is 1.48 bits per heavy atom. The minimum atomic E-state index is -0.217. The Hall–Kier alpha value is -1.14. The molecule has 0 heterocycles. The van der Waals surface area contributed by atoms with Gasteiger partial charge in [-0.15, -0.1) is 23.5 Å². The van der Waals surface area contributed by atoms with Crippen LogP contribution in [0.4, 0.5) is 0 Å². The summed E-state index contributed by atoms with van der Waals surface area (Å²) in [6.45, 7) is 21.4. The van der Waals surface area contributed by atoms with Crippen molar-refractivity contribution in [1.29, 1.82) is 0 Å². The molecule has 162 valence electrons. The maximum Gasteiger partial charge on any atom is 0.106 e. The van der Waals surface area contributed by atoms with Gasteiger partial charge >= 0.3 is 0 Å². The second-order valence-corrected chi connectivity index (χ2v) is 10.0. The molecule has 5 heteroatoms. The summed E-state index contributed by atoms with van der Waals surface area (Å²) in [7, 11) is 0. The zero-order valence-electron chi connectivity index (χ0n) is 18.4. The second kappa shape index (κ2) is 13.2. The molecule has 0 radical (unpaired) electrons. The summed E-state index contributed by atoms with van der Waals surface area (Å²) in [4.78, 5) is 2.05. The molecule has 0 bridgehead atoms.